The Kier molecular flexibility index (Phi) is 6.70. The number of amides is 1. The van der Waals surface area contributed by atoms with Gasteiger partial charge in [-0.25, -0.2) is 8.42 Å². The molecule has 136 valence electrons. The predicted molar refractivity (Wildman–Crippen MR) is 91.6 cm³/mol. The second-order valence-electron chi connectivity index (χ2n) is 5.38. The summed E-state index contributed by atoms with van der Waals surface area (Å²) in [5.41, 5.74) is 0.242. The number of nitrogens with zero attached hydrogens (tertiary/aromatic N) is 1. The van der Waals surface area contributed by atoms with E-state index in [0.717, 1.165) is 10.6 Å². The molecule has 1 amide bonds. The summed E-state index contributed by atoms with van der Waals surface area (Å²) >= 11 is 0. The van der Waals surface area contributed by atoms with E-state index in [1.54, 1.807) is 13.8 Å². The van der Waals surface area contributed by atoms with Gasteiger partial charge in [0.25, 0.3) is 0 Å². The molecule has 0 spiro atoms. The van der Waals surface area contributed by atoms with Crippen LogP contribution in [-0.4, -0.2) is 54.5 Å². The zero-order chi connectivity index (χ0) is 18.5. The van der Waals surface area contributed by atoms with Crippen molar-refractivity contribution >= 4 is 21.6 Å². The van der Waals surface area contributed by atoms with Crippen LogP contribution in [0.3, 0.4) is 0 Å². The van der Waals surface area contributed by atoms with Gasteiger partial charge in [-0.2, -0.15) is 0 Å². The standard InChI is InChI=1S/C15H24N2O6S/c1-10(2)16-14(18)9-17(24(6,19)20)11-7-12(21-3)15(23-5)13(8-11)22-4/h7-8,10H,9H2,1-6H3,(H,16,18). The number of hydrogen-bond donors (Lipinski definition) is 1. The number of carbonyl (C=O) groups excluding carboxylic acids is 1. The number of carbonyl (C=O) groups is 1. The molecule has 9 heteroatoms. The Morgan fingerprint density at radius 1 is 1.12 bits per heavy atom. The molecular weight excluding hydrogens is 336 g/mol. The van der Waals surface area contributed by atoms with Crippen molar-refractivity contribution in [1.82, 2.24) is 5.32 Å². The lowest BCUT2D eigenvalue weighted by Gasteiger charge is -2.24. The Balaban J connectivity index is 3.36. The lowest BCUT2D eigenvalue weighted by atomic mass is 10.2. The van der Waals surface area contributed by atoms with Crippen LogP contribution in [0.1, 0.15) is 13.8 Å². The molecule has 0 radical (unpaired) electrons. The van der Waals surface area contributed by atoms with Gasteiger partial charge in [-0.15, -0.1) is 0 Å². The van der Waals surface area contributed by atoms with Crippen LogP contribution in [0.15, 0.2) is 12.1 Å². The van der Waals surface area contributed by atoms with Crippen molar-refractivity contribution in [2.45, 2.75) is 19.9 Å². The number of ether oxygens (including phenoxy) is 3. The van der Waals surface area contributed by atoms with Crippen molar-refractivity contribution in [3.63, 3.8) is 0 Å². The predicted octanol–water partition coefficient (Wildman–Crippen LogP) is 1.00. The second-order valence-corrected chi connectivity index (χ2v) is 7.28. The van der Waals surface area contributed by atoms with Crippen molar-refractivity contribution in [3.05, 3.63) is 12.1 Å². The third-order valence-electron chi connectivity index (χ3n) is 3.07. The molecule has 1 aromatic carbocycles. The maximum Gasteiger partial charge on any atom is 0.240 e. The molecule has 0 aromatic heterocycles. The van der Waals surface area contributed by atoms with Gasteiger partial charge in [0, 0.05) is 18.2 Å². The molecule has 0 aliphatic rings. The molecule has 0 bridgehead atoms. The summed E-state index contributed by atoms with van der Waals surface area (Å²) in [5.74, 6) is 0.516. The Hall–Kier alpha value is -2.16. The van der Waals surface area contributed by atoms with E-state index in [9.17, 15) is 13.2 Å². The minimum Gasteiger partial charge on any atom is -0.493 e. The summed E-state index contributed by atoms with van der Waals surface area (Å²) in [4.78, 5) is 12.0. The molecule has 0 atom stereocenters. The molecule has 0 unspecified atom stereocenters. The van der Waals surface area contributed by atoms with Crippen LogP contribution in [0.25, 0.3) is 0 Å². The normalized spacial score (nSPS) is 11.1. The van der Waals surface area contributed by atoms with E-state index in [-0.39, 0.29) is 18.3 Å². The monoisotopic (exact) mass is 360 g/mol. The molecule has 24 heavy (non-hydrogen) atoms. The highest BCUT2D eigenvalue weighted by molar-refractivity contribution is 7.92. The lowest BCUT2D eigenvalue weighted by Crippen LogP contribution is -2.42. The third kappa shape index (κ3) is 4.92. The summed E-state index contributed by atoms with van der Waals surface area (Å²) in [6.07, 6.45) is 1.03. The maximum atomic E-state index is 12.1. The van der Waals surface area contributed by atoms with Crippen molar-refractivity contribution in [3.8, 4) is 17.2 Å². The quantitative estimate of drug-likeness (QED) is 0.743. The topological polar surface area (TPSA) is 94.2 Å². The maximum absolute atomic E-state index is 12.1. The molecule has 8 nitrogen and oxygen atoms in total. The molecular formula is C15H24N2O6S. The molecule has 0 aliphatic carbocycles. The highest BCUT2D eigenvalue weighted by Crippen LogP contribution is 2.41. The van der Waals surface area contributed by atoms with E-state index < -0.39 is 15.9 Å². The summed E-state index contributed by atoms with van der Waals surface area (Å²) in [7, 11) is 0.607. The van der Waals surface area contributed by atoms with E-state index in [1.807, 2.05) is 0 Å². The van der Waals surface area contributed by atoms with Gasteiger partial charge in [-0.1, -0.05) is 0 Å². The summed E-state index contributed by atoms with van der Waals surface area (Å²) in [6.45, 7) is 3.24. The first kappa shape index (κ1) is 19.9. The fourth-order valence-electron chi connectivity index (χ4n) is 2.11. The molecule has 0 heterocycles. The average molecular weight is 360 g/mol. The van der Waals surface area contributed by atoms with Crippen molar-refractivity contribution in [2.24, 2.45) is 0 Å². The first-order valence-electron chi connectivity index (χ1n) is 7.21. The molecule has 0 saturated carbocycles. The summed E-state index contributed by atoms with van der Waals surface area (Å²) in [5, 5.41) is 2.66. The minimum atomic E-state index is -3.70. The number of anilines is 1. The van der Waals surface area contributed by atoms with Crippen molar-refractivity contribution < 1.29 is 27.4 Å². The number of hydrogen-bond acceptors (Lipinski definition) is 6. The van der Waals surface area contributed by atoms with E-state index in [0.29, 0.717) is 17.2 Å². The fourth-order valence-corrected chi connectivity index (χ4v) is 2.95. The lowest BCUT2D eigenvalue weighted by molar-refractivity contribution is -0.120. The summed E-state index contributed by atoms with van der Waals surface area (Å²) < 4.78 is 40.9. The smallest absolute Gasteiger partial charge is 0.240 e. The SMILES string of the molecule is COc1cc(N(CC(=O)NC(C)C)S(C)(=O)=O)cc(OC)c1OC. The summed E-state index contributed by atoms with van der Waals surface area (Å²) in [6, 6.07) is 2.86. The Morgan fingerprint density at radius 2 is 1.62 bits per heavy atom. The molecule has 1 aromatic rings. The third-order valence-corrected chi connectivity index (χ3v) is 4.22. The molecule has 0 fully saturated rings. The largest absolute Gasteiger partial charge is 0.493 e. The average Bonchev–Trinajstić information content (AvgIpc) is 2.49. The van der Waals surface area contributed by atoms with Crippen LogP contribution < -0.4 is 23.8 Å². The molecule has 0 saturated heterocycles. The van der Waals surface area contributed by atoms with Crippen LogP contribution in [-0.2, 0) is 14.8 Å². The number of methoxy groups -OCH3 is 3. The zero-order valence-corrected chi connectivity index (χ0v) is 15.6. The van der Waals surface area contributed by atoms with Gasteiger partial charge in [0.15, 0.2) is 11.5 Å². The van der Waals surface area contributed by atoms with E-state index in [4.69, 9.17) is 14.2 Å². The van der Waals surface area contributed by atoms with E-state index >= 15 is 0 Å². The minimum absolute atomic E-state index is 0.0983. The van der Waals surface area contributed by atoms with Gasteiger partial charge in [-0.05, 0) is 13.8 Å². The second kappa shape index (κ2) is 8.09. The molecule has 1 N–H and O–H groups in total. The molecule has 1 rings (SSSR count). The Bertz CT molecular complexity index is 662. The van der Waals surface area contributed by atoms with Crippen LogP contribution >= 0.6 is 0 Å². The Morgan fingerprint density at radius 3 is 1.96 bits per heavy atom. The van der Waals surface area contributed by atoms with Crippen LogP contribution in [0.4, 0.5) is 5.69 Å². The Labute approximate surface area is 142 Å². The number of sulfonamides is 1. The van der Waals surface area contributed by atoms with E-state index in [1.165, 1.54) is 33.5 Å². The van der Waals surface area contributed by atoms with Gasteiger partial charge in [0.05, 0.1) is 33.3 Å². The van der Waals surface area contributed by atoms with Gasteiger partial charge in [-0.3, -0.25) is 9.10 Å². The van der Waals surface area contributed by atoms with Crippen LogP contribution in [0.5, 0.6) is 17.2 Å². The highest BCUT2D eigenvalue weighted by Gasteiger charge is 2.24. The zero-order valence-electron chi connectivity index (χ0n) is 14.7. The first-order valence-corrected chi connectivity index (χ1v) is 9.06. The number of benzene rings is 1. The molecule has 0 aliphatic heterocycles. The number of rotatable bonds is 8. The van der Waals surface area contributed by atoms with E-state index in [2.05, 4.69) is 5.32 Å². The first-order chi connectivity index (χ1) is 11.1. The van der Waals surface area contributed by atoms with Gasteiger partial charge < -0.3 is 19.5 Å². The van der Waals surface area contributed by atoms with Crippen LogP contribution in [0.2, 0.25) is 0 Å². The van der Waals surface area contributed by atoms with Gasteiger partial charge >= 0.3 is 0 Å². The van der Waals surface area contributed by atoms with Crippen molar-refractivity contribution in [2.75, 3.05) is 38.4 Å². The van der Waals surface area contributed by atoms with Gasteiger partial charge in [0.2, 0.25) is 21.7 Å². The van der Waals surface area contributed by atoms with Gasteiger partial charge in [0.1, 0.15) is 6.54 Å². The number of nitrogens with one attached hydrogen (secondary N) is 1. The van der Waals surface area contributed by atoms with Crippen molar-refractivity contribution in [1.29, 1.82) is 0 Å². The fraction of sp³-hybridized carbons (Fsp3) is 0.533. The highest BCUT2D eigenvalue weighted by atomic mass is 32.2. The van der Waals surface area contributed by atoms with Crippen LogP contribution in [0, 0.1) is 0 Å².